The molecule has 0 fully saturated rings. The molecule has 40 valence electrons. The fraction of sp³-hybridized carbons (Fsp3) is 0.500. The molecule has 0 saturated heterocycles. The Morgan fingerprint density at radius 3 is 2.57 bits per heavy atom. The van der Waals surface area contributed by atoms with E-state index in [0.717, 1.165) is 12.1 Å². The van der Waals surface area contributed by atoms with Crippen LogP contribution in [0.1, 0.15) is 20.3 Å². The summed E-state index contributed by atoms with van der Waals surface area (Å²) < 4.78 is 0. The second-order valence-electron chi connectivity index (χ2n) is 1.31. The summed E-state index contributed by atoms with van der Waals surface area (Å²) in [5.74, 6) is 0. The van der Waals surface area contributed by atoms with Crippen LogP contribution in [-0.2, 0) is 0 Å². The number of rotatable bonds is 1. The standard InChI is InChI=1S/C6H11N/c1-3-5-6(7)4-2/h3H,4,7H2,1-2H3. The second kappa shape index (κ2) is 3.51. The van der Waals surface area contributed by atoms with E-state index in [9.17, 15) is 0 Å². The highest BCUT2D eigenvalue weighted by atomic mass is 14.5. The normalized spacial score (nSPS) is 7.14. The molecule has 0 aromatic heterocycles. The first-order valence-corrected chi connectivity index (χ1v) is 2.47. The predicted molar refractivity (Wildman–Crippen MR) is 31.7 cm³/mol. The lowest BCUT2D eigenvalue weighted by molar-refractivity contribution is 1.07. The van der Waals surface area contributed by atoms with E-state index in [1.165, 1.54) is 0 Å². The van der Waals surface area contributed by atoms with Gasteiger partial charge in [-0.1, -0.05) is 6.92 Å². The molecule has 0 aromatic rings. The van der Waals surface area contributed by atoms with Crippen molar-refractivity contribution in [2.45, 2.75) is 20.3 Å². The zero-order valence-electron chi connectivity index (χ0n) is 4.86. The highest BCUT2D eigenvalue weighted by Gasteiger charge is 1.73. The van der Waals surface area contributed by atoms with Gasteiger partial charge in [0.25, 0.3) is 0 Å². The molecule has 0 rings (SSSR count). The zero-order chi connectivity index (χ0) is 5.70. The van der Waals surface area contributed by atoms with E-state index in [4.69, 9.17) is 5.73 Å². The molecule has 0 aliphatic carbocycles. The quantitative estimate of drug-likeness (QED) is 0.492. The second-order valence-corrected chi connectivity index (χ2v) is 1.31. The maximum atomic E-state index is 5.36. The molecule has 2 N–H and O–H groups in total. The first-order chi connectivity index (χ1) is 3.31. The van der Waals surface area contributed by atoms with Gasteiger partial charge in [-0.2, -0.15) is 0 Å². The summed E-state index contributed by atoms with van der Waals surface area (Å²) in [5, 5.41) is 0. The molecule has 0 bridgehead atoms. The summed E-state index contributed by atoms with van der Waals surface area (Å²) in [4.78, 5) is 0. The predicted octanol–water partition coefficient (Wildman–Crippen LogP) is 1.41. The van der Waals surface area contributed by atoms with Crippen LogP contribution in [0.4, 0.5) is 0 Å². The molecule has 0 aliphatic heterocycles. The van der Waals surface area contributed by atoms with Crippen molar-refractivity contribution in [3.05, 3.63) is 17.5 Å². The van der Waals surface area contributed by atoms with E-state index < -0.39 is 0 Å². The van der Waals surface area contributed by atoms with E-state index in [1.807, 2.05) is 19.9 Å². The van der Waals surface area contributed by atoms with Crippen LogP contribution in [0.25, 0.3) is 0 Å². The molecule has 0 spiro atoms. The van der Waals surface area contributed by atoms with Gasteiger partial charge >= 0.3 is 0 Å². The molecular formula is C6H11N. The van der Waals surface area contributed by atoms with Crippen LogP contribution in [0, 0.1) is 0 Å². The lowest BCUT2D eigenvalue weighted by atomic mass is 10.4. The van der Waals surface area contributed by atoms with Crippen LogP contribution >= 0.6 is 0 Å². The molecule has 0 heterocycles. The van der Waals surface area contributed by atoms with Crippen molar-refractivity contribution in [2.75, 3.05) is 0 Å². The average Bonchev–Trinajstić information content (AvgIpc) is 1.68. The largest absolute Gasteiger partial charge is 0.396 e. The molecule has 0 radical (unpaired) electrons. The van der Waals surface area contributed by atoms with E-state index in [-0.39, 0.29) is 0 Å². The molecule has 0 saturated carbocycles. The van der Waals surface area contributed by atoms with Gasteiger partial charge in [0.2, 0.25) is 0 Å². The Kier molecular flexibility index (Phi) is 3.17. The summed E-state index contributed by atoms with van der Waals surface area (Å²) in [6, 6.07) is 0. The molecule has 0 aliphatic rings. The Morgan fingerprint density at radius 2 is 2.43 bits per heavy atom. The van der Waals surface area contributed by atoms with E-state index in [2.05, 4.69) is 5.73 Å². The highest BCUT2D eigenvalue weighted by Crippen LogP contribution is 1.83. The molecule has 0 amide bonds. The monoisotopic (exact) mass is 97.1 g/mol. The van der Waals surface area contributed by atoms with Crippen LogP contribution in [0.5, 0.6) is 0 Å². The Morgan fingerprint density at radius 1 is 1.86 bits per heavy atom. The van der Waals surface area contributed by atoms with Crippen molar-refractivity contribution in [2.24, 2.45) is 5.73 Å². The van der Waals surface area contributed by atoms with Crippen molar-refractivity contribution in [3.8, 4) is 0 Å². The zero-order valence-corrected chi connectivity index (χ0v) is 4.86. The van der Waals surface area contributed by atoms with Crippen LogP contribution in [0.3, 0.4) is 0 Å². The van der Waals surface area contributed by atoms with Gasteiger partial charge in [0, 0.05) is 0 Å². The van der Waals surface area contributed by atoms with Gasteiger partial charge in [0.05, 0.1) is 5.70 Å². The van der Waals surface area contributed by atoms with Gasteiger partial charge in [0.15, 0.2) is 0 Å². The molecule has 1 nitrogen and oxygen atoms in total. The maximum absolute atomic E-state index is 5.36. The Balaban J connectivity index is 3.74. The van der Waals surface area contributed by atoms with Crippen LogP contribution in [0.2, 0.25) is 0 Å². The smallest absolute Gasteiger partial charge is 0.0505 e. The minimum absolute atomic E-state index is 0.822. The summed E-state index contributed by atoms with van der Waals surface area (Å²) in [5.41, 5.74) is 9.04. The first-order valence-electron chi connectivity index (χ1n) is 2.47. The number of nitrogens with two attached hydrogens (primary N) is 1. The van der Waals surface area contributed by atoms with Gasteiger partial charge < -0.3 is 5.73 Å². The van der Waals surface area contributed by atoms with Gasteiger partial charge in [0.1, 0.15) is 0 Å². The van der Waals surface area contributed by atoms with Crippen molar-refractivity contribution >= 4 is 0 Å². The number of hydrogen-bond acceptors (Lipinski definition) is 1. The fourth-order valence-corrected chi connectivity index (χ4v) is 0.287. The first kappa shape index (κ1) is 6.32. The van der Waals surface area contributed by atoms with Gasteiger partial charge in [-0.3, -0.25) is 0 Å². The van der Waals surface area contributed by atoms with Gasteiger partial charge in [-0.25, -0.2) is 0 Å². The topological polar surface area (TPSA) is 26.0 Å². The minimum atomic E-state index is 0.822. The molecule has 0 unspecified atom stereocenters. The summed E-state index contributed by atoms with van der Waals surface area (Å²) in [6.07, 6.45) is 2.71. The van der Waals surface area contributed by atoms with Gasteiger partial charge in [-0.15, -0.1) is 5.73 Å². The van der Waals surface area contributed by atoms with Crippen LogP contribution in [-0.4, -0.2) is 0 Å². The molecule has 0 atom stereocenters. The Bertz CT molecular complexity index is 96.7. The highest BCUT2D eigenvalue weighted by molar-refractivity contribution is 4.93. The third-order valence-electron chi connectivity index (χ3n) is 0.711. The van der Waals surface area contributed by atoms with Crippen molar-refractivity contribution in [1.29, 1.82) is 0 Å². The lowest BCUT2D eigenvalue weighted by Crippen LogP contribution is -1.90. The maximum Gasteiger partial charge on any atom is 0.0505 e. The van der Waals surface area contributed by atoms with Crippen LogP contribution in [0.15, 0.2) is 17.5 Å². The number of allylic oxidation sites excluding steroid dienone is 1. The molecule has 7 heavy (non-hydrogen) atoms. The summed E-state index contributed by atoms with van der Waals surface area (Å²) in [6.45, 7) is 3.91. The van der Waals surface area contributed by atoms with Crippen molar-refractivity contribution < 1.29 is 0 Å². The Labute approximate surface area is 44.5 Å². The summed E-state index contributed by atoms with van der Waals surface area (Å²) in [7, 11) is 0. The molecule has 0 aromatic carbocycles. The fourth-order valence-electron chi connectivity index (χ4n) is 0.287. The van der Waals surface area contributed by atoms with E-state index >= 15 is 0 Å². The summed E-state index contributed by atoms with van der Waals surface area (Å²) >= 11 is 0. The van der Waals surface area contributed by atoms with Crippen molar-refractivity contribution in [1.82, 2.24) is 0 Å². The SMILES string of the molecule is CC=C=C(N)CC. The minimum Gasteiger partial charge on any atom is -0.396 e. The van der Waals surface area contributed by atoms with E-state index in [0.29, 0.717) is 0 Å². The van der Waals surface area contributed by atoms with E-state index in [1.54, 1.807) is 0 Å². The Hall–Kier alpha value is -0.680. The average molecular weight is 97.2 g/mol. The third kappa shape index (κ3) is 3.14. The molecular weight excluding hydrogens is 86.1 g/mol. The third-order valence-corrected chi connectivity index (χ3v) is 0.711. The van der Waals surface area contributed by atoms with Crippen LogP contribution < -0.4 is 5.73 Å². The lowest BCUT2D eigenvalue weighted by Gasteiger charge is -1.83. The van der Waals surface area contributed by atoms with Gasteiger partial charge in [-0.05, 0) is 19.4 Å². The molecule has 1 heteroatoms. The number of hydrogen-bond donors (Lipinski definition) is 1. The van der Waals surface area contributed by atoms with Crippen molar-refractivity contribution in [3.63, 3.8) is 0 Å².